The van der Waals surface area contributed by atoms with Crippen molar-refractivity contribution >= 4 is 29.2 Å². The van der Waals surface area contributed by atoms with E-state index in [1.54, 1.807) is 12.1 Å². The van der Waals surface area contributed by atoms with Gasteiger partial charge in [-0.05, 0) is 30.5 Å². The van der Waals surface area contributed by atoms with E-state index in [1.807, 2.05) is 44.2 Å². The van der Waals surface area contributed by atoms with Crippen LogP contribution in [0.3, 0.4) is 0 Å². The first-order chi connectivity index (χ1) is 12.4. The minimum atomic E-state index is -0.950. The lowest BCUT2D eigenvalue weighted by Gasteiger charge is -2.24. The molecule has 1 amide bonds. The first-order valence-electron chi connectivity index (χ1n) is 8.60. The number of esters is 1. The summed E-state index contributed by atoms with van der Waals surface area (Å²) in [5, 5.41) is 2.81. The van der Waals surface area contributed by atoms with Crippen molar-refractivity contribution in [2.24, 2.45) is 5.92 Å². The molecule has 0 saturated heterocycles. The summed E-state index contributed by atoms with van der Waals surface area (Å²) >= 11 is 5.94. The van der Waals surface area contributed by atoms with Crippen molar-refractivity contribution in [2.75, 3.05) is 5.32 Å². The molecule has 0 spiro atoms. The highest BCUT2D eigenvalue weighted by Crippen LogP contribution is 2.29. The Labute approximate surface area is 158 Å². The maximum absolute atomic E-state index is 12.7. The van der Waals surface area contributed by atoms with E-state index < -0.39 is 23.9 Å². The van der Waals surface area contributed by atoms with Crippen LogP contribution in [0.1, 0.15) is 38.7 Å². The second kappa shape index (κ2) is 9.34. The molecule has 26 heavy (non-hydrogen) atoms. The van der Waals surface area contributed by atoms with Crippen molar-refractivity contribution in [3.05, 3.63) is 59.4 Å². The largest absolute Gasteiger partial charge is 0.452 e. The van der Waals surface area contributed by atoms with Gasteiger partial charge >= 0.3 is 5.97 Å². The van der Waals surface area contributed by atoms with Crippen LogP contribution >= 0.6 is 11.6 Å². The topological polar surface area (TPSA) is 68.3 Å². The monoisotopic (exact) mass is 374 g/mol. The Bertz CT molecular complexity index is 752. The van der Waals surface area contributed by atoms with Gasteiger partial charge in [-0.1, -0.05) is 62.2 Å². The van der Waals surface area contributed by atoms with E-state index in [4.69, 9.17) is 16.3 Å². The maximum atomic E-state index is 12.7. The average molecular weight is 375 g/mol. The number of hydrogen-bond donors (Lipinski definition) is 1. The van der Waals surface area contributed by atoms with Crippen LogP contribution in [0, 0.1) is 5.92 Å². The van der Waals surface area contributed by atoms with Crippen LogP contribution in [0.2, 0.25) is 5.15 Å². The molecule has 0 saturated carbocycles. The van der Waals surface area contributed by atoms with Gasteiger partial charge in [0.2, 0.25) is 0 Å². The Morgan fingerprint density at radius 1 is 1.15 bits per heavy atom. The van der Waals surface area contributed by atoms with Crippen LogP contribution in [0.5, 0.6) is 0 Å². The third kappa shape index (κ3) is 5.05. The number of hydrogen-bond acceptors (Lipinski definition) is 4. The van der Waals surface area contributed by atoms with E-state index in [-0.39, 0.29) is 11.1 Å². The van der Waals surface area contributed by atoms with Crippen LogP contribution in [0.4, 0.5) is 5.69 Å². The van der Waals surface area contributed by atoms with Crippen molar-refractivity contribution in [1.29, 1.82) is 0 Å². The summed E-state index contributed by atoms with van der Waals surface area (Å²) in [7, 11) is 0. The maximum Gasteiger partial charge on any atom is 0.314 e. The zero-order valence-electron chi connectivity index (χ0n) is 15.1. The average Bonchev–Trinajstić information content (AvgIpc) is 2.64. The Kier molecular flexibility index (Phi) is 7.16. The van der Waals surface area contributed by atoms with Gasteiger partial charge in [0.1, 0.15) is 0 Å². The molecule has 138 valence electrons. The van der Waals surface area contributed by atoms with Gasteiger partial charge in [0.05, 0.1) is 11.6 Å². The SMILES string of the molecule is CC[C@H](C)[C@@H](C(=O)O[C@@H](C)C(=O)Nc1cccnc1Cl)c1ccccc1. The molecular weight excluding hydrogens is 352 g/mol. The van der Waals surface area contributed by atoms with Crippen molar-refractivity contribution in [3.8, 4) is 0 Å². The molecule has 0 aliphatic carbocycles. The molecule has 0 fully saturated rings. The number of pyridine rings is 1. The van der Waals surface area contributed by atoms with Crippen molar-refractivity contribution in [1.82, 2.24) is 4.98 Å². The van der Waals surface area contributed by atoms with Crippen molar-refractivity contribution in [2.45, 2.75) is 39.2 Å². The van der Waals surface area contributed by atoms with Crippen molar-refractivity contribution < 1.29 is 14.3 Å². The number of nitrogens with one attached hydrogen (secondary N) is 1. The lowest BCUT2D eigenvalue weighted by atomic mass is 9.85. The van der Waals surface area contributed by atoms with Gasteiger partial charge < -0.3 is 10.1 Å². The molecule has 0 unspecified atom stereocenters. The summed E-state index contributed by atoms with van der Waals surface area (Å²) < 4.78 is 5.45. The molecule has 2 rings (SSSR count). The minimum Gasteiger partial charge on any atom is -0.452 e. The minimum absolute atomic E-state index is 0.0907. The third-order valence-corrected chi connectivity index (χ3v) is 4.61. The van der Waals surface area contributed by atoms with E-state index in [1.165, 1.54) is 13.1 Å². The number of ether oxygens (including phenoxy) is 1. The normalized spacial score (nSPS) is 14.2. The number of carbonyl (C=O) groups is 2. The van der Waals surface area contributed by atoms with Crippen molar-refractivity contribution in [3.63, 3.8) is 0 Å². The molecule has 3 atom stereocenters. The van der Waals surface area contributed by atoms with Crippen LogP contribution in [0.25, 0.3) is 0 Å². The number of amides is 1. The molecule has 1 aromatic carbocycles. The second-order valence-corrected chi connectivity index (χ2v) is 6.54. The lowest BCUT2D eigenvalue weighted by molar-refractivity contribution is -0.155. The van der Waals surface area contributed by atoms with E-state index >= 15 is 0 Å². The van der Waals surface area contributed by atoms with Gasteiger partial charge in [-0.2, -0.15) is 0 Å². The zero-order valence-corrected chi connectivity index (χ0v) is 15.9. The number of rotatable bonds is 7. The van der Waals surface area contributed by atoms with Crippen LogP contribution in [-0.2, 0) is 14.3 Å². The van der Waals surface area contributed by atoms with E-state index in [0.717, 1.165) is 12.0 Å². The van der Waals surface area contributed by atoms with Gasteiger partial charge in [-0.3, -0.25) is 9.59 Å². The Morgan fingerprint density at radius 3 is 2.46 bits per heavy atom. The molecule has 1 N–H and O–H groups in total. The van der Waals surface area contributed by atoms with Gasteiger partial charge in [0, 0.05) is 6.20 Å². The second-order valence-electron chi connectivity index (χ2n) is 6.18. The van der Waals surface area contributed by atoms with Gasteiger partial charge in [-0.25, -0.2) is 4.98 Å². The number of benzene rings is 1. The molecule has 2 aromatic rings. The molecule has 6 heteroatoms. The first kappa shape index (κ1) is 19.9. The first-order valence-corrected chi connectivity index (χ1v) is 8.98. The highest BCUT2D eigenvalue weighted by atomic mass is 35.5. The number of halogens is 1. The molecule has 5 nitrogen and oxygen atoms in total. The highest BCUT2D eigenvalue weighted by molar-refractivity contribution is 6.32. The Morgan fingerprint density at radius 2 is 1.85 bits per heavy atom. The Balaban J connectivity index is 2.08. The number of carbonyl (C=O) groups excluding carboxylic acids is 2. The number of anilines is 1. The summed E-state index contributed by atoms with van der Waals surface area (Å²) in [4.78, 5) is 29.0. The molecule has 1 heterocycles. The molecule has 0 bridgehead atoms. The van der Waals surface area contributed by atoms with E-state index in [2.05, 4.69) is 10.3 Å². The molecule has 0 aliphatic rings. The predicted molar refractivity (Wildman–Crippen MR) is 102 cm³/mol. The zero-order chi connectivity index (χ0) is 19.1. The summed E-state index contributed by atoms with van der Waals surface area (Å²) in [6.07, 6.45) is 1.40. The quantitative estimate of drug-likeness (QED) is 0.574. The van der Waals surface area contributed by atoms with Crippen LogP contribution in [-0.4, -0.2) is 23.0 Å². The fraction of sp³-hybridized carbons (Fsp3) is 0.350. The highest BCUT2D eigenvalue weighted by Gasteiger charge is 2.30. The van der Waals surface area contributed by atoms with Gasteiger partial charge in [-0.15, -0.1) is 0 Å². The summed E-state index contributed by atoms with van der Waals surface area (Å²) in [6, 6.07) is 12.8. The predicted octanol–water partition coefficient (Wildman–Crippen LogP) is 4.44. The lowest BCUT2D eigenvalue weighted by Crippen LogP contribution is -2.33. The van der Waals surface area contributed by atoms with Gasteiger partial charge in [0.15, 0.2) is 11.3 Å². The number of aromatic nitrogens is 1. The van der Waals surface area contributed by atoms with Crippen LogP contribution in [0.15, 0.2) is 48.7 Å². The van der Waals surface area contributed by atoms with Gasteiger partial charge in [0.25, 0.3) is 5.91 Å². The summed E-state index contributed by atoms with van der Waals surface area (Å²) in [6.45, 7) is 5.56. The fourth-order valence-corrected chi connectivity index (χ4v) is 2.77. The number of nitrogens with zero attached hydrogens (tertiary/aromatic N) is 1. The molecule has 1 aromatic heterocycles. The third-order valence-electron chi connectivity index (χ3n) is 4.30. The molecule has 0 radical (unpaired) electrons. The van der Waals surface area contributed by atoms with E-state index in [0.29, 0.717) is 5.69 Å². The van der Waals surface area contributed by atoms with Crippen LogP contribution < -0.4 is 5.32 Å². The molecular formula is C20H23ClN2O3. The standard InChI is InChI=1S/C20H23ClN2O3/c1-4-13(2)17(15-9-6-5-7-10-15)20(25)26-14(3)19(24)23-16-11-8-12-22-18(16)21/h5-14,17H,4H2,1-3H3,(H,23,24)/t13-,14-,17+/m0/s1. The van der Waals surface area contributed by atoms with E-state index in [9.17, 15) is 9.59 Å². The summed E-state index contributed by atoms with van der Waals surface area (Å²) in [5.41, 5.74) is 1.26. The molecule has 0 aliphatic heterocycles. The smallest absolute Gasteiger partial charge is 0.314 e. The Hall–Kier alpha value is -2.40. The fourth-order valence-electron chi connectivity index (χ4n) is 2.61. The summed E-state index contributed by atoms with van der Waals surface area (Å²) in [5.74, 6) is -1.19.